The third-order valence-electron chi connectivity index (χ3n) is 4.21. The van der Waals surface area contributed by atoms with E-state index in [9.17, 15) is 4.79 Å². The average molecular weight is 290 g/mol. The topological polar surface area (TPSA) is 71.2 Å². The number of piperidine rings is 1. The first-order chi connectivity index (χ1) is 9.99. The largest absolute Gasteiger partial charge is 0.384 e. The highest BCUT2D eigenvalue weighted by atomic mass is 16.1. The number of nitrogen functional groups attached to an aromatic ring is 1. The maximum atomic E-state index is 12.4. The standard InChI is InChI=1S/C16H26N4O/c1-4-5-13-9-12(10-15(17)18-13)16(21)19-14-6-7-20(3)11(2)8-14/h9-11,14H,4-8H2,1-3H3,(H2,17,18)(H,19,21). The number of carbonyl (C=O) groups is 1. The lowest BCUT2D eigenvalue weighted by molar-refractivity contribution is 0.0896. The number of aryl methyl sites for hydroxylation is 1. The number of hydrogen-bond donors (Lipinski definition) is 2. The van der Waals surface area contributed by atoms with Crippen molar-refractivity contribution in [2.45, 2.75) is 51.6 Å². The smallest absolute Gasteiger partial charge is 0.251 e. The molecule has 1 aromatic rings. The van der Waals surface area contributed by atoms with Crippen LogP contribution in [0, 0.1) is 0 Å². The predicted molar refractivity (Wildman–Crippen MR) is 85.2 cm³/mol. The molecule has 0 saturated carbocycles. The molecule has 0 bridgehead atoms. The van der Waals surface area contributed by atoms with Crippen LogP contribution in [0.25, 0.3) is 0 Å². The number of nitrogens with two attached hydrogens (primary N) is 1. The first-order valence-corrected chi connectivity index (χ1v) is 7.77. The minimum Gasteiger partial charge on any atom is -0.384 e. The van der Waals surface area contributed by atoms with Crippen LogP contribution >= 0.6 is 0 Å². The molecule has 1 saturated heterocycles. The summed E-state index contributed by atoms with van der Waals surface area (Å²) in [6.07, 6.45) is 3.82. The molecule has 2 rings (SSSR count). The molecule has 5 nitrogen and oxygen atoms in total. The summed E-state index contributed by atoms with van der Waals surface area (Å²) in [7, 11) is 2.13. The van der Waals surface area contributed by atoms with Gasteiger partial charge in [0.1, 0.15) is 5.82 Å². The zero-order valence-electron chi connectivity index (χ0n) is 13.2. The molecular formula is C16H26N4O. The van der Waals surface area contributed by atoms with Crippen molar-refractivity contribution in [2.24, 2.45) is 0 Å². The van der Waals surface area contributed by atoms with Gasteiger partial charge in [0, 0.05) is 29.9 Å². The highest BCUT2D eigenvalue weighted by molar-refractivity contribution is 5.95. The Hall–Kier alpha value is -1.62. The molecule has 1 aromatic heterocycles. The Labute approximate surface area is 126 Å². The number of hydrogen-bond acceptors (Lipinski definition) is 4. The van der Waals surface area contributed by atoms with Gasteiger partial charge in [-0.25, -0.2) is 4.98 Å². The molecule has 21 heavy (non-hydrogen) atoms. The van der Waals surface area contributed by atoms with Crippen molar-refractivity contribution in [1.82, 2.24) is 15.2 Å². The van der Waals surface area contributed by atoms with Gasteiger partial charge in [-0.15, -0.1) is 0 Å². The molecular weight excluding hydrogens is 264 g/mol. The average Bonchev–Trinajstić information content (AvgIpc) is 2.42. The number of amides is 1. The van der Waals surface area contributed by atoms with Crippen LogP contribution in [0.15, 0.2) is 12.1 Å². The summed E-state index contributed by atoms with van der Waals surface area (Å²) in [4.78, 5) is 19.0. The second-order valence-electron chi connectivity index (χ2n) is 6.05. The maximum Gasteiger partial charge on any atom is 0.251 e. The van der Waals surface area contributed by atoms with Crippen molar-refractivity contribution in [3.63, 3.8) is 0 Å². The Balaban J connectivity index is 2.03. The van der Waals surface area contributed by atoms with E-state index in [4.69, 9.17) is 5.73 Å². The lowest BCUT2D eigenvalue weighted by Crippen LogP contribution is -2.47. The second kappa shape index (κ2) is 6.89. The Bertz CT molecular complexity index is 503. The van der Waals surface area contributed by atoms with E-state index in [0.29, 0.717) is 17.4 Å². The highest BCUT2D eigenvalue weighted by Crippen LogP contribution is 2.16. The van der Waals surface area contributed by atoms with E-state index in [2.05, 4.69) is 36.1 Å². The van der Waals surface area contributed by atoms with Crippen molar-refractivity contribution in [3.8, 4) is 0 Å². The fraction of sp³-hybridized carbons (Fsp3) is 0.625. The third-order valence-corrected chi connectivity index (χ3v) is 4.21. The third kappa shape index (κ3) is 4.17. The van der Waals surface area contributed by atoms with Gasteiger partial charge in [-0.1, -0.05) is 13.3 Å². The van der Waals surface area contributed by atoms with Crippen molar-refractivity contribution >= 4 is 11.7 Å². The van der Waals surface area contributed by atoms with Crippen LogP contribution in [0.2, 0.25) is 0 Å². The number of carbonyl (C=O) groups excluding carboxylic acids is 1. The number of rotatable bonds is 4. The Morgan fingerprint density at radius 1 is 1.52 bits per heavy atom. The normalized spacial score (nSPS) is 23.0. The van der Waals surface area contributed by atoms with Crippen molar-refractivity contribution in [1.29, 1.82) is 0 Å². The molecule has 116 valence electrons. The van der Waals surface area contributed by atoms with Crippen LogP contribution in [0.5, 0.6) is 0 Å². The molecule has 3 N–H and O–H groups in total. The van der Waals surface area contributed by atoms with Gasteiger partial charge in [-0.2, -0.15) is 0 Å². The maximum absolute atomic E-state index is 12.4. The fourth-order valence-electron chi connectivity index (χ4n) is 2.82. The van der Waals surface area contributed by atoms with Crippen LogP contribution in [0.4, 0.5) is 5.82 Å². The summed E-state index contributed by atoms with van der Waals surface area (Å²) in [5.41, 5.74) is 7.31. The first-order valence-electron chi connectivity index (χ1n) is 7.77. The summed E-state index contributed by atoms with van der Waals surface area (Å²) in [6.45, 7) is 5.30. The van der Waals surface area contributed by atoms with E-state index < -0.39 is 0 Å². The Morgan fingerprint density at radius 2 is 2.29 bits per heavy atom. The summed E-state index contributed by atoms with van der Waals surface area (Å²) in [6, 6.07) is 4.26. The molecule has 5 heteroatoms. The molecule has 2 heterocycles. The van der Waals surface area contributed by atoms with Gasteiger partial charge < -0.3 is 16.0 Å². The zero-order chi connectivity index (χ0) is 15.4. The van der Waals surface area contributed by atoms with Crippen LogP contribution in [-0.4, -0.2) is 41.5 Å². The minimum absolute atomic E-state index is 0.0387. The van der Waals surface area contributed by atoms with E-state index in [1.807, 2.05) is 6.07 Å². The Kier molecular flexibility index (Phi) is 5.17. The predicted octanol–water partition coefficient (Wildman–Crippen LogP) is 1.83. The monoisotopic (exact) mass is 290 g/mol. The molecule has 0 spiro atoms. The van der Waals surface area contributed by atoms with Gasteiger partial charge in [-0.3, -0.25) is 4.79 Å². The molecule has 1 fully saturated rings. The van der Waals surface area contributed by atoms with E-state index in [1.165, 1.54) is 0 Å². The van der Waals surface area contributed by atoms with Crippen molar-refractivity contribution in [3.05, 3.63) is 23.4 Å². The van der Waals surface area contributed by atoms with Gasteiger partial charge in [0.15, 0.2) is 0 Å². The van der Waals surface area contributed by atoms with Gasteiger partial charge in [0.2, 0.25) is 0 Å². The summed E-state index contributed by atoms with van der Waals surface area (Å²) >= 11 is 0. The summed E-state index contributed by atoms with van der Waals surface area (Å²) in [5.74, 6) is 0.381. The second-order valence-corrected chi connectivity index (χ2v) is 6.05. The number of nitrogens with one attached hydrogen (secondary N) is 1. The van der Waals surface area contributed by atoms with E-state index in [0.717, 1.165) is 37.9 Å². The van der Waals surface area contributed by atoms with Crippen LogP contribution in [-0.2, 0) is 6.42 Å². The van der Waals surface area contributed by atoms with E-state index in [1.54, 1.807) is 6.07 Å². The first kappa shape index (κ1) is 15.8. The number of nitrogens with zero attached hydrogens (tertiary/aromatic N) is 2. The Morgan fingerprint density at radius 3 is 2.95 bits per heavy atom. The number of anilines is 1. The van der Waals surface area contributed by atoms with Gasteiger partial charge >= 0.3 is 0 Å². The molecule has 2 unspecified atom stereocenters. The van der Waals surface area contributed by atoms with Crippen molar-refractivity contribution < 1.29 is 4.79 Å². The summed E-state index contributed by atoms with van der Waals surface area (Å²) < 4.78 is 0. The molecule has 1 amide bonds. The zero-order valence-corrected chi connectivity index (χ0v) is 13.2. The van der Waals surface area contributed by atoms with E-state index >= 15 is 0 Å². The van der Waals surface area contributed by atoms with E-state index in [-0.39, 0.29) is 11.9 Å². The molecule has 2 atom stereocenters. The highest BCUT2D eigenvalue weighted by Gasteiger charge is 2.24. The fourth-order valence-corrected chi connectivity index (χ4v) is 2.82. The quantitative estimate of drug-likeness (QED) is 0.887. The lowest BCUT2D eigenvalue weighted by Gasteiger charge is -2.35. The molecule has 0 aromatic carbocycles. The molecule has 0 aliphatic carbocycles. The van der Waals surface area contributed by atoms with Gasteiger partial charge in [-0.05, 0) is 45.4 Å². The molecule has 1 aliphatic rings. The van der Waals surface area contributed by atoms with Crippen LogP contribution in [0.3, 0.4) is 0 Å². The number of aromatic nitrogens is 1. The minimum atomic E-state index is -0.0387. The van der Waals surface area contributed by atoms with Crippen molar-refractivity contribution in [2.75, 3.05) is 19.3 Å². The van der Waals surface area contributed by atoms with Gasteiger partial charge in [0.25, 0.3) is 5.91 Å². The van der Waals surface area contributed by atoms with Crippen LogP contribution < -0.4 is 11.1 Å². The molecule has 0 radical (unpaired) electrons. The lowest BCUT2D eigenvalue weighted by atomic mass is 9.98. The van der Waals surface area contributed by atoms with Crippen LogP contribution in [0.1, 0.15) is 49.2 Å². The summed E-state index contributed by atoms with van der Waals surface area (Å²) in [5, 5.41) is 3.13. The van der Waals surface area contributed by atoms with Gasteiger partial charge in [0.05, 0.1) is 0 Å². The number of likely N-dealkylation sites (tertiary alicyclic amines) is 1. The SMILES string of the molecule is CCCc1cc(C(=O)NC2CCN(C)C(C)C2)cc(N)n1. The number of pyridine rings is 1. The molecule has 1 aliphatic heterocycles.